The summed E-state index contributed by atoms with van der Waals surface area (Å²) in [5.74, 6) is -1.25. The van der Waals surface area contributed by atoms with Crippen LogP contribution in [-0.2, 0) is 24.4 Å². The lowest BCUT2D eigenvalue weighted by Gasteiger charge is -2.06. The van der Waals surface area contributed by atoms with Crippen molar-refractivity contribution in [3.8, 4) is 0 Å². The molecule has 1 aromatic carbocycles. The van der Waals surface area contributed by atoms with Gasteiger partial charge in [-0.15, -0.1) is 5.10 Å². The SMILES string of the molecule is NCc1cn(CC(=O)NCc2cccc(C(=O)O)c2)nn1. The largest absolute Gasteiger partial charge is 0.478 e. The van der Waals surface area contributed by atoms with E-state index in [4.69, 9.17) is 10.8 Å². The molecule has 8 nitrogen and oxygen atoms in total. The number of carboxylic acids is 1. The molecule has 0 aliphatic carbocycles. The number of carboxylic acid groups (broad SMARTS) is 1. The Hall–Kier alpha value is -2.74. The highest BCUT2D eigenvalue weighted by Crippen LogP contribution is 2.05. The number of nitrogens with two attached hydrogens (primary N) is 1. The minimum absolute atomic E-state index is 0.0334. The lowest BCUT2D eigenvalue weighted by atomic mass is 10.1. The van der Waals surface area contributed by atoms with E-state index in [1.54, 1.807) is 18.3 Å². The Kier molecular flexibility index (Phi) is 4.62. The van der Waals surface area contributed by atoms with Crippen LogP contribution in [0, 0.1) is 0 Å². The third-order valence-corrected chi connectivity index (χ3v) is 2.76. The second-order valence-electron chi connectivity index (χ2n) is 4.39. The minimum atomic E-state index is -1.000. The first-order valence-corrected chi connectivity index (χ1v) is 6.26. The third-order valence-electron chi connectivity index (χ3n) is 2.76. The minimum Gasteiger partial charge on any atom is -0.478 e. The maximum atomic E-state index is 11.8. The van der Waals surface area contributed by atoms with E-state index in [1.165, 1.54) is 16.8 Å². The van der Waals surface area contributed by atoms with Gasteiger partial charge in [0, 0.05) is 13.1 Å². The molecule has 0 atom stereocenters. The summed E-state index contributed by atoms with van der Waals surface area (Å²) in [6.07, 6.45) is 1.60. The summed E-state index contributed by atoms with van der Waals surface area (Å²) in [6.45, 7) is 0.549. The zero-order chi connectivity index (χ0) is 15.2. The summed E-state index contributed by atoms with van der Waals surface area (Å²) in [5.41, 5.74) is 6.91. The normalized spacial score (nSPS) is 10.3. The summed E-state index contributed by atoms with van der Waals surface area (Å²) in [4.78, 5) is 22.6. The molecule has 1 heterocycles. The van der Waals surface area contributed by atoms with Crippen molar-refractivity contribution in [2.24, 2.45) is 5.73 Å². The summed E-state index contributed by atoms with van der Waals surface area (Å²) < 4.78 is 1.39. The van der Waals surface area contributed by atoms with Gasteiger partial charge in [0.2, 0.25) is 5.91 Å². The standard InChI is InChI=1S/C13H15N5O3/c14-5-11-7-18(17-16-11)8-12(19)15-6-9-2-1-3-10(4-9)13(20)21/h1-4,7H,5-6,8,14H2,(H,15,19)(H,20,21). The number of benzene rings is 1. The first-order chi connectivity index (χ1) is 10.1. The molecule has 0 unspecified atom stereocenters. The van der Waals surface area contributed by atoms with Gasteiger partial charge < -0.3 is 16.2 Å². The lowest BCUT2D eigenvalue weighted by molar-refractivity contribution is -0.122. The predicted octanol–water partition coefficient (Wildman–Crippen LogP) is -0.249. The van der Waals surface area contributed by atoms with Crippen molar-refractivity contribution in [3.63, 3.8) is 0 Å². The molecule has 0 fully saturated rings. The number of nitrogens with one attached hydrogen (secondary N) is 1. The van der Waals surface area contributed by atoms with E-state index >= 15 is 0 Å². The molecule has 0 spiro atoms. The molecule has 110 valence electrons. The second kappa shape index (κ2) is 6.62. The maximum absolute atomic E-state index is 11.8. The monoisotopic (exact) mass is 289 g/mol. The summed E-state index contributed by atoms with van der Waals surface area (Å²) in [7, 11) is 0. The van der Waals surface area contributed by atoms with Crippen LogP contribution in [0.4, 0.5) is 0 Å². The topological polar surface area (TPSA) is 123 Å². The highest BCUT2D eigenvalue weighted by atomic mass is 16.4. The quantitative estimate of drug-likeness (QED) is 0.674. The summed E-state index contributed by atoms with van der Waals surface area (Å²) in [6, 6.07) is 6.40. The Morgan fingerprint density at radius 3 is 2.86 bits per heavy atom. The number of carbonyl (C=O) groups is 2. The molecule has 2 aromatic rings. The molecule has 21 heavy (non-hydrogen) atoms. The van der Waals surface area contributed by atoms with Crippen LogP contribution in [0.25, 0.3) is 0 Å². The van der Waals surface area contributed by atoms with Crippen molar-refractivity contribution in [2.45, 2.75) is 19.6 Å². The van der Waals surface area contributed by atoms with Crippen LogP contribution < -0.4 is 11.1 Å². The zero-order valence-corrected chi connectivity index (χ0v) is 11.2. The third kappa shape index (κ3) is 4.11. The Morgan fingerprint density at radius 1 is 1.38 bits per heavy atom. The second-order valence-corrected chi connectivity index (χ2v) is 4.39. The fourth-order valence-electron chi connectivity index (χ4n) is 1.73. The van der Waals surface area contributed by atoms with Crippen LogP contribution in [0.1, 0.15) is 21.6 Å². The van der Waals surface area contributed by atoms with Crippen molar-refractivity contribution in [1.29, 1.82) is 0 Å². The number of nitrogens with zero attached hydrogens (tertiary/aromatic N) is 3. The van der Waals surface area contributed by atoms with E-state index in [0.717, 1.165) is 0 Å². The van der Waals surface area contributed by atoms with Gasteiger partial charge in [-0.2, -0.15) is 0 Å². The van der Waals surface area contributed by atoms with Crippen molar-refractivity contribution in [1.82, 2.24) is 20.3 Å². The number of amides is 1. The van der Waals surface area contributed by atoms with Gasteiger partial charge >= 0.3 is 5.97 Å². The lowest BCUT2D eigenvalue weighted by Crippen LogP contribution is -2.27. The number of hydrogen-bond acceptors (Lipinski definition) is 5. The van der Waals surface area contributed by atoms with Crippen molar-refractivity contribution in [3.05, 3.63) is 47.3 Å². The first kappa shape index (κ1) is 14.7. The van der Waals surface area contributed by atoms with Crippen LogP contribution in [0.15, 0.2) is 30.5 Å². The predicted molar refractivity (Wildman–Crippen MR) is 73.2 cm³/mol. The van der Waals surface area contributed by atoms with E-state index in [1.807, 2.05) is 0 Å². The van der Waals surface area contributed by atoms with Gasteiger partial charge in [0.05, 0.1) is 17.5 Å². The molecular formula is C13H15N5O3. The molecule has 8 heteroatoms. The fraction of sp³-hybridized carbons (Fsp3) is 0.231. The maximum Gasteiger partial charge on any atom is 0.335 e. The number of aromatic carboxylic acids is 1. The fourth-order valence-corrected chi connectivity index (χ4v) is 1.73. The van der Waals surface area contributed by atoms with E-state index in [9.17, 15) is 9.59 Å². The van der Waals surface area contributed by atoms with Gasteiger partial charge in [0.1, 0.15) is 6.54 Å². The van der Waals surface area contributed by atoms with Gasteiger partial charge in [-0.3, -0.25) is 4.79 Å². The van der Waals surface area contributed by atoms with Crippen LogP contribution in [0.3, 0.4) is 0 Å². The van der Waals surface area contributed by atoms with Crippen molar-refractivity contribution < 1.29 is 14.7 Å². The van der Waals surface area contributed by atoms with Gasteiger partial charge in [-0.1, -0.05) is 17.3 Å². The molecule has 0 aliphatic rings. The van der Waals surface area contributed by atoms with Gasteiger partial charge in [0.15, 0.2) is 0 Å². The summed E-state index contributed by atoms with van der Waals surface area (Å²) >= 11 is 0. The number of carbonyl (C=O) groups excluding carboxylic acids is 1. The van der Waals surface area contributed by atoms with Crippen LogP contribution in [0.5, 0.6) is 0 Å². The van der Waals surface area contributed by atoms with E-state index in [2.05, 4.69) is 15.6 Å². The molecule has 0 radical (unpaired) electrons. The molecular weight excluding hydrogens is 274 g/mol. The highest BCUT2D eigenvalue weighted by molar-refractivity contribution is 5.87. The van der Waals surface area contributed by atoms with Crippen LogP contribution in [0.2, 0.25) is 0 Å². The molecule has 0 saturated heterocycles. The van der Waals surface area contributed by atoms with Gasteiger partial charge in [0.25, 0.3) is 0 Å². The number of rotatable bonds is 6. The average Bonchev–Trinajstić information content (AvgIpc) is 2.93. The Bertz CT molecular complexity index is 653. The average molecular weight is 289 g/mol. The van der Waals surface area contributed by atoms with Crippen molar-refractivity contribution in [2.75, 3.05) is 0 Å². The Balaban J connectivity index is 1.89. The molecule has 1 amide bonds. The molecule has 2 rings (SSSR count). The molecule has 0 bridgehead atoms. The van der Waals surface area contributed by atoms with Gasteiger partial charge in [-0.25, -0.2) is 9.48 Å². The van der Waals surface area contributed by atoms with Crippen LogP contribution >= 0.6 is 0 Å². The first-order valence-electron chi connectivity index (χ1n) is 6.26. The van der Waals surface area contributed by atoms with E-state index < -0.39 is 5.97 Å². The molecule has 1 aromatic heterocycles. The molecule has 0 saturated carbocycles. The molecule has 0 aliphatic heterocycles. The van der Waals surface area contributed by atoms with E-state index in [-0.39, 0.29) is 31.1 Å². The summed E-state index contributed by atoms with van der Waals surface area (Å²) in [5, 5.41) is 19.1. The van der Waals surface area contributed by atoms with Crippen molar-refractivity contribution >= 4 is 11.9 Å². The zero-order valence-electron chi connectivity index (χ0n) is 11.2. The smallest absolute Gasteiger partial charge is 0.335 e. The van der Waals surface area contributed by atoms with Crippen LogP contribution in [-0.4, -0.2) is 32.0 Å². The number of hydrogen-bond donors (Lipinski definition) is 3. The Labute approximate surface area is 120 Å². The Morgan fingerprint density at radius 2 is 2.19 bits per heavy atom. The highest BCUT2D eigenvalue weighted by Gasteiger charge is 2.07. The van der Waals surface area contributed by atoms with E-state index in [0.29, 0.717) is 11.3 Å². The molecule has 4 N–H and O–H groups in total. The van der Waals surface area contributed by atoms with Gasteiger partial charge in [-0.05, 0) is 17.7 Å². The number of aromatic nitrogens is 3.